The lowest BCUT2D eigenvalue weighted by atomic mass is 10.0. The predicted octanol–water partition coefficient (Wildman–Crippen LogP) is 2.48. The number of piperidine rings is 1. The van der Waals surface area contributed by atoms with Crippen molar-refractivity contribution >= 4 is 0 Å². The topological polar surface area (TPSA) is 26.7 Å². The Labute approximate surface area is 110 Å². The molecule has 2 unspecified atom stereocenters. The summed E-state index contributed by atoms with van der Waals surface area (Å²) in [5, 5.41) is 9.57. The van der Waals surface area contributed by atoms with Crippen molar-refractivity contribution in [3.05, 3.63) is 29.8 Å². The summed E-state index contributed by atoms with van der Waals surface area (Å²) in [5.74, 6) is 0.355. The Kier molecular flexibility index (Phi) is 4.25. The Morgan fingerprint density at radius 1 is 1.44 bits per heavy atom. The molecule has 100 valence electrons. The van der Waals surface area contributed by atoms with E-state index in [9.17, 15) is 5.11 Å². The highest BCUT2D eigenvalue weighted by atomic mass is 16.3. The highest BCUT2D eigenvalue weighted by molar-refractivity contribution is 5.29. The van der Waals surface area contributed by atoms with E-state index in [0.717, 1.165) is 6.54 Å². The van der Waals surface area contributed by atoms with Gasteiger partial charge in [-0.25, -0.2) is 0 Å². The largest absolute Gasteiger partial charge is 0.508 e. The minimum atomic E-state index is 0.341. The van der Waals surface area contributed by atoms with Gasteiger partial charge >= 0.3 is 0 Å². The van der Waals surface area contributed by atoms with Crippen LogP contribution in [0.25, 0.3) is 0 Å². The lowest BCUT2D eigenvalue weighted by molar-refractivity contribution is 0.105. The quantitative estimate of drug-likeness (QED) is 0.890. The molecule has 1 fully saturated rings. The second-order valence-electron chi connectivity index (χ2n) is 5.49. The van der Waals surface area contributed by atoms with Crippen LogP contribution in [0.2, 0.25) is 0 Å². The van der Waals surface area contributed by atoms with Crippen molar-refractivity contribution in [3.8, 4) is 5.75 Å². The van der Waals surface area contributed by atoms with Crippen LogP contribution in [0.3, 0.4) is 0 Å². The van der Waals surface area contributed by atoms with Gasteiger partial charge in [0.05, 0.1) is 0 Å². The van der Waals surface area contributed by atoms with Gasteiger partial charge in [-0.1, -0.05) is 12.1 Å². The maximum atomic E-state index is 9.57. The van der Waals surface area contributed by atoms with E-state index in [0.29, 0.717) is 17.8 Å². The van der Waals surface area contributed by atoms with E-state index in [1.807, 2.05) is 12.1 Å². The van der Waals surface area contributed by atoms with E-state index in [2.05, 4.69) is 36.9 Å². The summed E-state index contributed by atoms with van der Waals surface area (Å²) in [4.78, 5) is 4.84. The molecule has 1 aromatic rings. The smallest absolute Gasteiger partial charge is 0.115 e. The highest BCUT2D eigenvalue weighted by Crippen LogP contribution is 2.26. The van der Waals surface area contributed by atoms with Crippen molar-refractivity contribution in [2.24, 2.45) is 0 Å². The molecule has 1 heterocycles. The maximum Gasteiger partial charge on any atom is 0.115 e. The zero-order valence-electron chi connectivity index (χ0n) is 11.6. The summed E-state index contributed by atoms with van der Waals surface area (Å²) in [5.41, 5.74) is 1.19. The van der Waals surface area contributed by atoms with Crippen LogP contribution in [0.15, 0.2) is 24.3 Å². The number of likely N-dealkylation sites (tertiary alicyclic amines) is 1. The first kappa shape index (κ1) is 13.4. The molecule has 1 aliphatic rings. The SMILES string of the molecule is CC(c1cccc(O)c1)N(C)C1CCCN(C)C1. The predicted molar refractivity (Wildman–Crippen MR) is 74.8 cm³/mol. The van der Waals surface area contributed by atoms with Crippen LogP contribution in [-0.4, -0.2) is 48.1 Å². The van der Waals surface area contributed by atoms with Gasteiger partial charge in [-0.3, -0.25) is 4.90 Å². The third kappa shape index (κ3) is 3.03. The van der Waals surface area contributed by atoms with Crippen LogP contribution in [-0.2, 0) is 0 Å². The first-order valence-electron chi connectivity index (χ1n) is 6.77. The fourth-order valence-electron chi connectivity index (χ4n) is 2.81. The number of hydrogen-bond acceptors (Lipinski definition) is 3. The number of likely N-dealkylation sites (N-methyl/N-ethyl adjacent to an activating group) is 2. The van der Waals surface area contributed by atoms with Crippen LogP contribution in [0.4, 0.5) is 0 Å². The van der Waals surface area contributed by atoms with E-state index in [4.69, 9.17) is 0 Å². The summed E-state index contributed by atoms with van der Waals surface area (Å²) in [6, 6.07) is 8.56. The second-order valence-corrected chi connectivity index (χ2v) is 5.49. The molecule has 2 rings (SSSR count). The lowest BCUT2D eigenvalue weighted by Gasteiger charge is -2.39. The molecular weight excluding hydrogens is 224 g/mol. The van der Waals surface area contributed by atoms with E-state index in [-0.39, 0.29) is 0 Å². The first-order valence-corrected chi connectivity index (χ1v) is 6.77. The summed E-state index contributed by atoms with van der Waals surface area (Å²) >= 11 is 0. The van der Waals surface area contributed by atoms with Gasteiger partial charge in [-0.2, -0.15) is 0 Å². The van der Waals surface area contributed by atoms with Gasteiger partial charge in [-0.15, -0.1) is 0 Å². The number of benzene rings is 1. The Bertz CT molecular complexity index is 394. The van der Waals surface area contributed by atoms with E-state index < -0.39 is 0 Å². The average Bonchev–Trinajstić information content (AvgIpc) is 2.37. The summed E-state index contributed by atoms with van der Waals surface area (Å²) in [7, 11) is 4.39. The van der Waals surface area contributed by atoms with Crippen LogP contribution in [0.5, 0.6) is 5.75 Å². The number of hydrogen-bond donors (Lipinski definition) is 1. The molecule has 0 saturated carbocycles. The van der Waals surface area contributed by atoms with Crippen LogP contribution in [0.1, 0.15) is 31.4 Å². The van der Waals surface area contributed by atoms with Gasteiger partial charge in [-0.05, 0) is 58.1 Å². The van der Waals surface area contributed by atoms with Crippen molar-refractivity contribution in [3.63, 3.8) is 0 Å². The van der Waals surface area contributed by atoms with Crippen LogP contribution in [0, 0.1) is 0 Å². The fraction of sp³-hybridized carbons (Fsp3) is 0.600. The molecule has 0 bridgehead atoms. The molecule has 1 saturated heterocycles. The van der Waals surface area contributed by atoms with Gasteiger partial charge in [0.25, 0.3) is 0 Å². The van der Waals surface area contributed by atoms with Gasteiger partial charge in [0.2, 0.25) is 0 Å². The van der Waals surface area contributed by atoms with Crippen molar-refractivity contribution in [2.75, 3.05) is 27.2 Å². The van der Waals surface area contributed by atoms with Crippen molar-refractivity contribution < 1.29 is 5.11 Å². The molecule has 3 heteroatoms. The van der Waals surface area contributed by atoms with Crippen LogP contribution >= 0.6 is 0 Å². The van der Waals surface area contributed by atoms with E-state index >= 15 is 0 Å². The highest BCUT2D eigenvalue weighted by Gasteiger charge is 2.24. The van der Waals surface area contributed by atoms with Gasteiger partial charge in [0.15, 0.2) is 0 Å². The Hall–Kier alpha value is -1.06. The molecular formula is C15H24N2O. The molecule has 0 radical (unpaired) electrons. The molecule has 0 aromatic heterocycles. The van der Waals surface area contributed by atoms with Crippen molar-refractivity contribution in [2.45, 2.75) is 31.8 Å². The zero-order chi connectivity index (χ0) is 13.1. The fourth-order valence-corrected chi connectivity index (χ4v) is 2.81. The third-order valence-electron chi connectivity index (χ3n) is 4.14. The number of aromatic hydroxyl groups is 1. The minimum absolute atomic E-state index is 0.341. The van der Waals surface area contributed by atoms with Crippen LogP contribution < -0.4 is 0 Å². The molecule has 1 aliphatic heterocycles. The molecule has 0 amide bonds. The van der Waals surface area contributed by atoms with E-state index in [1.165, 1.54) is 24.9 Å². The van der Waals surface area contributed by atoms with Crippen molar-refractivity contribution in [1.29, 1.82) is 0 Å². The normalized spacial score (nSPS) is 23.2. The molecule has 18 heavy (non-hydrogen) atoms. The van der Waals surface area contributed by atoms with Gasteiger partial charge < -0.3 is 10.0 Å². The monoisotopic (exact) mass is 248 g/mol. The molecule has 0 aliphatic carbocycles. The number of rotatable bonds is 3. The summed E-state index contributed by atoms with van der Waals surface area (Å²) in [6.45, 7) is 4.56. The summed E-state index contributed by atoms with van der Waals surface area (Å²) in [6.07, 6.45) is 2.54. The average molecular weight is 248 g/mol. The lowest BCUT2D eigenvalue weighted by Crippen LogP contribution is -2.45. The van der Waals surface area contributed by atoms with Gasteiger partial charge in [0, 0.05) is 18.6 Å². The molecule has 3 nitrogen and oxygen atoms in total. The first-order chi connectivity index (χ1) is 8.58. The zero-order valence-corrected chi connectivity index (χ0v) is 11.6. The van der Waals surface area contributed by atoms with E-state index in [1.54, 1.807) is 6.07 Å². The van der Waals surface area contributed by atoms with Crippen molar-refractivity contribution in [1.82, 2.24) is 9.80 Å². The number of phenolic OH excluding ortho intramolecular Hbond substituents is 1. The standard InChI is InChI=1S/C15H24N2O/c1-12(13-6-4-8-15(18)10-13)17(3)14-7-5-9-16(2)11-14/h4,6,8,10,12,14,18H,5,7,9,11H2,1-3H3. The van der Waals surface area contributed by atoms with Gasteiger partial charge in [0.1, 0.15) is 5.75 Å². The maximum absolute atomic E-state index is 9.57. The Morgan fingerprint density at radius 3 is 2.89 bits per heavy atom. The summed E-state index contributed by atoms with van der Waals surface area (Å²) < 4.78 is 0. The number of phenols is 1. The molecule has 1 aromatic carbocycles. The second kappa shape index (κ2) is 5.72. The molecule has 1 N–H and O–H groups in total. The third-order valence-corrected chi connectivity index (χ3v) is 4.14. The molecule has 2 atom stereocenters. The Balaban J connectivity index is 2.05. The minimum Gasteiger partial charge on any atom is -0.508 e. The Morgan fingerprint density at radius 2 is 2.22 bits per heavy atom. The number of nitrogens with zero attached hydrogens (tertiary/aromatic N) is 2. The molecule has 0 spiro atoms.